The van der Waals surface area contributed by atoms with Gasteiger partial charge in [-0.2, -0.15) is 0 Å². The molecule has 0 aliphatic rings. The summed E-state index contributed by atoms with van der Waals surface area (Å²) in [4.78, 5) is 0.675. The van der Waals surface area contributed by atoms with E-state index in [1.54, 1.807) is 36.4 Å². The lowest BCUT2D eigenvalue weighted by atomic mass is 10.1. The molecule has 2 atom stereocenters. The molecule has 252 valence electrons. The average molecular weight is 697 g/mol. The lowest BCUT2D eigenvalue weighted by molar-refractivity contribution is 0.588. The van der Waals surface area contributed by atoms with E-state index in [-0.39, 0.29) is 0 Å². The summed E-state index contributed by atoms with van der Waals surface area (Å²) in [6.45, 7) is 3.89. The lowest BCUT2D eigenvalue weighted by Gasteiger charge is -2.15. The Hall–Kier alpha value is -5.30. The van der Waals surface area contributed by atoms with E-state index in [2.05, 4.69) is 0 Å². The molecule has 0 saturated heterocycles. The molecule has 50 heavy (non-hydrogen) atoms. The van der Waals surface area contributed by atoms with E-state index in [0.717, 1.165) is 33.4 Å². The fourth-order valence-electron chi connectivity index (χ4n) is 5.35. The molecule has 6 aromatic rings. The second-order valence-electron chi connectivity index (χ2n) is 11.9. The van der Waals surface area contributed by atoms with E-state index in [1.165, 1.54) is 0 Å². The van der Waals surface area contributed by atoms with Crippen LogP contribution < -0.4 is 0 Å². The minimum atomic E-state index is -3.53. The van der Waals surface area contributed by atoms with Crippen molar-refractivity contribution in [1.82, 2.24) is 0 Å². The van der Waals surface area contributed by atoms with Gasteiger partial charge in [-0.25, -0.2) is 16.8 Å². The van der Waals surface area contributed by atoms with Crippen LogP contribution in [0.1, 0.15) is 43.9 Å². The third-order valence-electron chi connectivity index (χ3n) is 8.15. The van der Waals surface area contributed by atoms with E-state index in [9.17, 15) is 16.8 Å². The van der Waals surface area contributed by atoms with Crippen molar-refractivity contribution in [1.29, 1.82) is 0 Å². The Morgan fingerprint density at radius 3 is 0.960 bits per heavy atom. The number of hydrogen-bond donors (Lipinski definition) is 0. The third kappa shape index (κ3) is 9.44. The molecule has 6 aromatic carbocycles. The van der Waals surface area contributed by atoms with Crippen molar-refractivity contribution < 1.29 is 16.8 Å². The number of sulfone groups is 2. The van der Waals surface area contributed by atoms with E-state index in [1.807, 2.05) is 172 Å². The van der Waals surface area contributed by atoms with Crippen LogP contribution in [-0.2, 0) is 19.7 Å². The third-order valence-corrected chi connectivity index (χ3v) is 12.2. The first-order valence-electron chi connectivity index (χ1n) is 16.3. The van der Waals surface area contributed by atoms with Crippen LogP contribution in [-0.4, -0.2) is 16.8 Å². The van der Waals surface area contributed by atoms with Crippen LogP contribution >= 0.6 is 0 Å². The Bertz CT molecular complexity index is 2050. The highest BCUT2D eigenvalue weighted by Crippen LogP contribution is 2.32. The van der Waals surface area contributed by atoms with Gasteiger partial charge in [-0.15, -0.1) is 0 Å². The summed E-state index contributed by atoms with van der Waals surface area (Å²) in [7, 11) is -7.06. The Labute approximate surface area is 297 Å². The Morgan fingerprint density at radius 2 is 0.660 bits per heavy atom. The highest BCUT2D eigenvalue weighted by Gasteiger charge is 2.28. The van der Waals surface area contributed by atoms with Gasteiger partial charge in [0.2, 0.25) is 0 Å². The minimum Gasteiger partial charge on any atom is -0.223 e. The van der Waals surface area contributed by atoms with Gasteiger partial charge in [0.05, 0.1) is 9.79 Å². The standard InChI is InChI=1S/2C22H20O2S/c2*1-18-12-15-21(16-13-18)25(23,24)22(20-10-6-3-7-11-20)17-14-19-8-4-2-5-9-19/h2*2-17,22H,1H3/b2*17-14+/t2*22-/m11/s1. The molecule has 0 N–H and O–H groups in total. The molecule has 0 heterocycles. The van der Waals surface area contributed by atoms with Crippen LogP contribution in [0.3, 0.4) is 0 Å². The summed E-state index contributed by atoms with van der Waals surface area (Å²) in [5.74, 6) is 0. The topological polar surface area (TPSA) is 68.3 Å². The van der Waals surface area contributed by atoms with Crippen LogP contribution in [0.4, 0.5) is 0 Å². The monoisotopic (exact) mass is 696 g/mol. The summed E-state index contributed by atoms with van der Waals surface area (Å²) < 4.78 is 52.9. The highest BCUT2D eigenvalue weighted by molar-refractivity contribution is 7.92. The smallest absolute Gasteiger partial charge is 0.188 e. The van der Waals surface area contributed by atoms with Gasteiger partial charge in [0.15, 0.2) is 19.7 Å². The number of aryl methyl sites for hydroxylation is 2. The number of benzene rings is 6. The fraction of sp³-hybridized carbons (Fsp3) is 0.0909. The number of rotatable bonds is 10. The van der Waals surface area contributed by atoms with Crippen LogP contribution in [0.2, 0.25) is 0 Å². The first kappa shape index (κ1) is 36.0. The highest BCUT2D eigenvalue weighted by atomic mass is 32.2. The van der Waals surface area contributed by atoms with Gasteiger partial charge in [0.1, 0.15) is 10.5 Å². The molecular weight excluding hydrogens is 657 g/mol. The summed E-state index contributed by atoms with van der Waals surface area (Å²) in [6, 6.07) is 52.1. The minimum absolute atomic E-state index is 0.338. The molecule has 0 spiro atoms. The average Bonchev–Trinajstić information content (AvgIpc) is 3.14. The zero-order valence-electron chi connectivity index (χ0n) is 28.1. The van der Waals surface area contributed by atoms with Crippen molar-refractivity contribution >= 4 is 31.8 Å². The van der Waals surface area contributed by atoms with Crippen LogP contribution in [0.5, 0.6) is 0 Å². The number of hydrogen-bond acceptors (Lipinski definition) is 4. The van der Waals surface area contributed by atoms with Gasteiger partial charge in [-0.3, -0.25) is 0 Å². The second-order valence-corrected chi connectivity index (χ2v) is 16.1. The molecule has 0 bridgehead atoms. The summed E-state index contributed by atoms with van der Waals surface area (Å²) in [5.41, 5.74) is 5.54. The molecule has 0 fully saturated rings. The maximum Gasteiger partial charge on any atom is 0.188 e. The van der Waals surface area contributed by atoms with Crippen molar-refractivity contribution in [3.8, 4) is 0 Å². The normalized spacial score (nSPS) is 13.0. The summed E-state index contributed by atoms with van der Waals surface area (Å²) >= 11 is 0. The van der Waals surface area contributed by atoms with E-state index < -0.39 is 30.2 Å². The van der Waals surface area contributed by atoms with Gasteiger partial charge in [-0.05, 0) is 60.4 Å². The Kier molecular flexibility index (Phi) is 12.2. The van der Waals surface area contributed by atoms with E-state index in [0.29, 0.717) is 9.79 Å². The summed E-state index contributed by atoms with van der Waals surface area (Å²) in [6.07, 6.45) is 7.26. The molecular formula is C44H40O4S2. The van der Waals surface area contributed by atoms with E-state index >= 15 is 0 Å². The largest absolute Gasteiger partial charge is 0.223 e. The fourth-order valence-corrected chi connectivity index (χ4v) is 8.57. The predicted molar refractivity (Wildman–Crippen MR) is 206 cm³/mol. The molecule has 0 saturated carbocycles. The molecule has 0 aliphatic heterocycles. The lowest BCUT2D eigenvalue weighted by Crippen LogP contribution is -2.12. The molecule has 6 heteroatoms. The maximum atomic E-state index is 13.2. The van der Waals surface area contributed by atoms with Crippen LogP contribution in [0, 0.1) is 13.8 Å². The van der Waals surface area contributed by atoms with Crippen molar-refractivity contribution in [2.45, 2.75) is 34.1 Å². The van der Waals surface area contributed by atoms with Gasteiger partial charge in [-0.1, -0.05) is 181 Å². The second kappa shape index (κ2) is 16.9. The van der Waals surface area contributed by atoms with Crippen molar-refractivity contribution in [2.24, 2.45) is 0 Å². The molecule has 0 aliphatic carbocycles. The molecule has 0 radical (unpaired) electrons. The molecule has 0 unspecified atom stereocenters. The predicted octanol–water partition coefficient (Wildman–Crippen LogP) is 10.4. The SMILES string of the molecule is Cc1ccc(S(=O)(=O)[C@H](/C=C/c2ccccc2)c2ccccc2)cc1.Cc1ccc(S(=O)(=O)[C@H](/C=C/c2ccccc2)c2ccccc2)cc1. The first-order chi connectivity index (χ1) is 24.1. The first-order valence-corrected chi connectivity index (χ1v) is 19.4. The summed E-state index contributed by atoms with van der Waals surface area (Å²) in [5, 5.41) is -1.45. The Balaban J connectivity index is 0.000000194. The van der Waals surface area contributed by atoms with Crippen LogP contribution in [0.25, 0.3) is 12.2 Å². The molecule has 4 nitrogen and oxygen atoms in total. The van der Waals surface area contributed by atoms with E-state index in [4.69, 9.17) is 0 Å². The zero-order valence-corrected chi connectivity index (χ0v) is 29.7. The van der Waals surface area contributed by atoms with Crippen molar-refractivity contribution in [3.63, 3.8) is 0 Å². The Morgan fingerprint density at radius 1 is 0.380 bits per heavy atom. The molecule has 0 amide bonds. The molecule has 0 aromatic heterocycles. The maximum absolute atomic E-state index is 13.2. The van der Waals surface area contributed by atoms with Gasteiger partial charge in [0.25, 0.3) is 0 Å². The van der Waals surface area contributed by atoms with Crippen molar-refractivity contribution in [3.05, 3.63) is 215 Å². The van der Waals surface area contributed by atoms with Gasteiger partial charge >= 0.3 is 0 Å². The van der Waals surface area contributed by atoms with Gasteiger partial charge < -0.3 is 0 Å². The van der Waals surface area contributed by atoms with Crippen molar-refractivity contribution in [2.75, 3.05) is 0 Å². The molecule has 6 rings (SSSR count). The quantitative estimate of drug-likeness (QED) is 0.143. The van der Waals surface area contributed by atoms with Gasteiger partial charge in [0, 0.05) is 0 Å². The van der Waals surface area contributed by atoms with Crippen LogP contribution in [0.15, 0.2) is 192 Å². The zero-order chi connectivity index (χ0) is 35.4.